The van der Waals surface area contributed by atoms with Gasteiger partial charge >= 0.3 is 6.61 Å². The van der Waals surface area contributed by atoms with Gasteiger partial charge in [0.25, 0.3) is 5.91 Å². The Bertz CT molecular complexity index is 629. The Morgan fingerprint density at radius 1 is 1.19 bits per heavy atom. The summed E-state index contributed by atoms with van der Waals surface area (Å²) in [4.78, 5) is 12.2. The number of carbonyl (C=O) groups excluding carboxylic acids is 1. The molecule has 0 unspecified atom stereocenters. The highest BCUT2D eigenvalue weighted by molar-refractivity contribution is 6.04. The van der Waals surface area contributed by atoms with Crippen LogP contribution in [0.5, 0.6) is 5.75 Å². The zero-order chi connectivity index (χ0) is 15.2. The van der Waals surface area contributed by atoms with Crippen molar-refractivity contribution < 1.29 is 18.3 Å². The van der Waals surface area contributed by atoms with E-state index in [1.54, 1.807) is 12.1 Å². The summed E-state index contributed by atoms with van der Waals surface area (Å²) in [5.41, 5.74) is 1.98. The van der Waals surface area contributed by atoms with Crippen molar-refractivity contribution in [2.45, 2.75) is 20.0 Å². The SMILES string of the molecule is CCc1ccccc1NC(=O)c1cccc(OC(F)F)c1. The molecule has 21 heavy (non-hydrogen) atoms. The zero-order valence-corrected chi connectivity index (χ0v) is 11.5. The number of aryl methyl sites for hydroxylation is 1. The van der Waals surface area contributed by atoms with Crippen LogP contribution in [0.1, 0.15) is 22.8 Å². The summed E-state index contributed by atoms with van der Waals surface area (Å²) in [6.45, 7) is -0.925. The molecule has 2 rings (SSSR count). The number of hydrogen-bond donors (Lipinski definition) is 1. The fourth-order valence-corrected chi connectivity index (χ4v) is 1.96. The second-order valence-corrected chi connectivity index (χ2v) is 4.37. The van der Waals surface area contributed by atoms with Crippen LogP contribution in [0.2, 0.25) is 0 Å². The van der Waals surface area contributed by atoms with E-state index in [1.807, 2.05) is 25.1 Å². The molecular weight excluding hydrogens is 276 g/mol. The summed E-state index contributed by atoms with van der Waals surface area (Å²) >= 11 is 0. The molecule has 1 N–H and O–H groups in total. The van der Waals surface area contributed by atoms with Crippen LogP contribution in [0.3, 0.4) is 0 Å². The van der Waals surface area contributed by atoms with Crippen molar-refractivity contribution in [3.8, 4) is 5.75 Å². The standard InChI is InChI=1S/C16H15F2NO2/c1-2-11-6-3-4-9-14(11)19-15(20)12-7-5-8-13(10-12)21-16(17)18/h3-10,16H,2H2,1H3,(H,19,20). The lowest BCUT2D eigenvalue weighted by Crippen LogP contribution is -2.13. The van der Waals surface area contributed by atoms with Gasteiger partial charge in [0.15, 0.2) is 0 Å². The van der Waals surface area contributed by atoms with Gasteiger partial charge in [-0.3, -0.25) is 4.79 Å². The van der Waals surface area contributed by atoms with E-state index in [1.165, 1.54) is 18.2 Å². The first-order chi connectivity index (χ1) is 10.1. The Kier molecular flexibility index (Phi) is 4.87. The monoisotopic (exact) mass is 291 g/mol. The number of hydrogen-bond acceptors (Lipinski definition) is 2. The third-order valence-electron chi connectivity index (χ3n) is 2.97. The molecule has 0 saturated carbocycles. The minimum Gasteiger partial charge on any atom is -0.435 e. The second-order valence-electron chi connectivity index (χ2n) is 4.37. The molecule has 0 aromatic heterocycles. The van der Waals surface area contributed by atoms with Crippen molar-refractivity contribution in [2.24, 2.45) is 0 Å². The predicted molar refractivity (Wildman–Crippen MR) is 76.8 cm³/mol. The number of nitrogens with one attached hydrogen (secondary N) is 1. The van der Waals surface area contributed by atoms with E-state index in [0.29, 0.717) is 5.69 Å². The Morgan fingerprint density at radius 3 is 2.67 bits per heavy atom. The number of benzene rings is 2. The van der Waals surface area contributed by atoms with Crippen molar-refractivity contribution in [1.82, 2.24) is 0 Å². The molecule has 0 spiro atoms. The van der Waals surface area contributed by atoms with Gasteiger partial charge in [0, 0.05) is 11.3 Å². The molecule has 110 valence electrons. The first-order valence-corrected chi connectivity index (χ1v) is 6.54. The van der Waals surface area contributed by atoms with Gasteiger partial charge < -0.3 is 10.1 Å². The second kappa shape index (κ2) is 6.83. The minimum atomic E-state index is -2.91. The van der Waals surface area contributed by atoms with E-state index >= 15 is 0 Å². The van der Waals surface area contributed by atoms with Gasteiger partial charge in [0.2, 0.25) is 0 Å². The summed E-state index contributed by atoms with van der Waals surface area (Å²) in [6.07, 6.45) is 0.783. The molecule has 0 radical (unpaired) electrons. The van der Waals surface area contributed by atoms with Crippen LogP contribution in [0.15, 0.2) is 48.5 Å². The molecule has 0 aliphatic heterocycles. The van der Waals surface area contributed by atoms with E-state index in [-0.39, 0.29) is 17.2 Å². The Balaban J connectivity index is 2.16. The van der Waals surface area contributed by atoms with Crippen molar-refractivity contribution in [3.63, 3.8) is 0 Å². The lowest BCUT2D eigenvalue weighted by atomic mass is 10.1. The molecule has 0 aliphatic rings. The maximum Gasteiger partial charge on any atom is 0.387 e. The van der Waals surface area contributed by atoms with Gasteiger partial charge in [0.1, 0.15) is 5.75 Å². The molecular formula is C16H15F2NO2. The molecule has 3 nitrogen and oxygen atoms in total. The Labute approximate surface area is 121 Å². The zero-order valence-electron chi connectivity index (χ0n) is 11.5. The summed E-state index contributed by atoms with van der Waals surface area (Å²) in [5, 5.41) is 2.78. The summed E-state index contributed by atoms with van der Waals surface area (Å²) in [5.74, 6) is -0.406. The largest absolute Gasteiger partial charge is 0.435 e. The van der Waals surface area contributed by atoms with Crippen LogP contribution in [-0.2, 0) is 6.42 Å². The minimum absolute atomic E-state index is 0.0403. The molecule has 5 heteroatoms. The summed E-state index contributed by atoms with van der Waals surface area (Å²) in [6, 6.07) is 13.2. The number of halogens is 2. The van der Waals surface area contributed by atoms with E-state index < -0.39 is 6.61 Å². The van der Waals surface area contributed by atoms with Crippen LogP contribution in [-0.4, -0.2) is 12.5 Å². The molecule has 0 atom stereocenters. The van der Waals surface area contributed by atoms with Crippen LogP contribution in [0, 0.1) is 0 Å². The topological polar surface area (TPSA) is 38.3 Å². The number of para-hydroxylation sites is 1. The lowest BCUT2D eigenvalue weighted by molar-refractivity contribution is -0.0498. The number of alkyl halides is 2. The van der Waals surface area contributed by atoms with E-state index in [0.717, 1.165) is 12.0 Å². The van der Waals surface area contributed by atoms with Crippen molar-refractivity contribution in [1.29, 1.82) is 0 Å². The molecule has 2 aromatic carbocycles. The number of amides is 1. The summed E-state index contributed by atoms with van der Waals surface area (Å²) in [7, 11) is 0. The smallest absolute Gasteiger partial charge is 0.387 e. The quantitative estimate of drug-likeness (QED) is 0.900. The van der Waals surface area contributed by atoms with Crippen molar-refractivity contribution in [3.05, 3.63) is 59.7 Å². The molecule has 0 bridgehead atoms. The van der Waals surface area contributed by atoms with Crippen LogP contribution in [0.4, 0.5) is 14.5 Å². The lowest BCUT2D eigenvalue weighted by Gasteiger charge is -2.10. The normalized spacial score (nSPS) is 10.5. The number of anilines is 1. The molecule has 0 fully saturated rings. The van der Waals surface area contributed by atoms with Crippen LogP contribution in [0.25, 0.3) is 0 Å². The number of rotatable bonds is 5. The van der Waals surface area contributed by atoms with Gasteiger partial charge in [-0.15, -0.1) is 0 Å². The highest BCUT2D eigenvalue weighted by Crippen LogP contribution is 2.19. The van der Waals surface area contributed by atoms with Crippen molar-refractivity contribution in [2.75, 3.05) is 5.32 Å². The molecule has 1 amide bonds. The van der Waals surface area contributed by atoms with Gasteiger partial charge in [0.05, 0.1) is 0 Å². The van der Waals surface area contributed by atoms with E-state index in [2.05, 4.69) is 10.1 Å². The molecule has 2 aromatic rings. The summed E-state index contributed by atoms with van der Waals surface area (Å²) < 4.78 is 28.6. The first kappa shape index (κ1) is 15.0. The van der Waals surface area contributed by atoms with Gasteiger partial charge in [-0.05, 0) is 36.2 Å². The number of carbonyl (C=O) groups is 1. The van der Waals surface area contributed by atoms with Gasteiger partial charge in [-0.25, -0.2) is 0 Å². The molecule has 0 heterocycles. The first-order valence-electron chi connectivity index (χ1n) is 6.54. The van der Waals surface area contributed by atoms with E-state index in [4.69, 9.17) is 0 Å². The average molecular weight is 291 g/mol. The fourth-order valence-electron chi connectivity index (χ4n) is 1.96. The Hall–Kier alpha value is -2.43. The van der Waals surface area contributed by atoms with Crippen molar-refractivity contribution >= 4 is 11.6 Å². The highest BCUT2D eigenvalue weighted by Gasteiger charge is 2.11. The molecule has 0 saturated heterocycles. The van der Waals surface area contributed by atoms with Gasteiger partial charge in [-0.1, -0.05) is 31.2 Å². The van der Waals surface area contributed by atoms with Crippen LogP contribution < -0.4 is 10.1 Å². The average Bonchev–Trinajstić information content (AvgIpc) is 2.47. The van der Waals surface area contributed by atoms with E-state index in [9.17, 15) is 13.6 Å². The fraction of sp³-hybridized carbons (Fsp3) is 0.188. The predicted octanol–water partition coefficient (Wildman–Crippen LogP) is 4.10. The maximum absolute atomic E-state index is 12.2. The third-order valence-corrected chi connectivity index (χ3v) is 2.97. The third kappa shape index (κ3) is 4.02. The van der Waals surface area contributed by atoms with Crippen LogP contribution >= 0.6 is 0 Å². The maximum atomic E-state index is 12.2. The van der Waals surface area contributed by atoms with Gasteiger partial charge in [-0.2, -0.15) is 8.78 Å². The molecule has 0 aliphatic carbocycles. The Morgan fingerprint density at radius 2 is 1.95 bits per heavy atom. The number of ether oxygens (including phenoxy) is 1. The highest BCUT2D eigenvalue weighted by atomic mass is 19.3.